The van der Waals surface area contributed by atoms with Crippen LogP contribution in [0.2, 0.25) is 0 Å². The summed E-state index contributed by atoms with van der Waals surface area (Å²) in [5.74, 6) is 0.667. The summed E-state index contributed by atoms with van der Waals surface area (Å²) in [4.78, 5) is 14.5. The van der Waals surface area contributed by atoms with Crippen LogP contribution in [-0.4, -0.2) is 15.0 Å². The van der Waals surface area contributed by atoms with Gasteiger partial charge in [-0.1, -0.05) is 164 Å². The first-order chi connectivity index (χ1) is 29.8. The first-order valence-electron chi connectivity index (χ1n) is 21.0. The number of fused-ring (bicyclic) bond motifs is 9. The molecule has 4 nitrogen and oxygen atoms in total. The Bertz CT molecular complexity index is 3560. The van der Waals surface area contributed by atoms with Gasteiger partial charge in [0.05, 0.1) is 8.22 Å². The van der Waals surface area contributed by atoms with Crippen molar-refractivity contribution < 1.29 is 12.6 Å². The maximum absolute atomic E-state index is 9.60. The summed E-state index contributed by atoms with van der Waals surface area (Å²) in [5, 5.41) is 6.62. The molecule has 0 aliphatic rings. The minimum atomic E-state index is -0.345. The molecule has 0 spiro atoms. The smallest absolute Gasteiger partial charge is 0.164 e. The lowest BCUT2D eigenvalue weighted by Crippen LogP contribution is -2.00. The molecule has 55 heavy (non-hydrogen) atoms. The number of hydrogen-bond donors (Lipinski definition) is 0. The quantitative estimate of drug-likeness (QED) is 0.167. The molecule has 0 unspecified atom stereocenters. The fourth-order valence-electron chi connectivity index (χ4n) is 7.61. The van der Waals surface area contributed by atoms with Crippen molar-refractivity contribution in [2.24, 2.45) is 0 Å². The third kappa shape index (κ3) is 5.26. The molecule has 0 N–H and O–H groups in total. The summed E-state index contributed by atoms with van der Waals surface area (Å²) in [5.41, 5.74) is 4.23. The first kappa shape index (κ1) is 25.5. The first-order valence-corrected chi connectivity index (χ1v) is 18.0. The summed E-state index contributed by atoms with van der Waals surface area (Å²) >= 11 is 0. The van der Waals surface area contributed by atoms with Crippen LogP contribution in [-0.2, 0) is 0 Å². The SMILES string of the molecule is [2H]c1c([2H])c(-c2ccc3c4ccccc4c4ccccc4c3c2)c2c(oc3c([2H])c(-c4nc(-c5ccccc5)nc(-c5ccc(-c6ccccc6)cc5)n4)c([2H])c([2H])c32)c1[2H]. The number of benzene rings is 9. The van der Waals surface area contributed by atoms with Gasteiger partial charge in [0.2, 0.25) is 0 Å². The highest BCUT2D eigenvalue weighted by Gasteiger charge is 2.18. The summed E-state index contributed by atoms with van der Waals surface area (Å²) in [6.45, 7) is 0. The standard InChI is InChI=1S/C51H31N3O/c1-3-12-32(13-4-1)33-22-24-35(25-23-33)50-52-49(34-14-5-2-6-15-34)53-51(54-50)37-27-29-44-47(31-37)55-46-21-11-20-38(48(44)46)36-26-28-43-41-18-8-7-16-39(41)40-17-9-10-19-42(40)45(43)30-36/h1-31H/i11D,20D,21D,27D,29D,31D. The molecule has 0 amide bonds. The van der Waals surface area contributed by atoms with Gasteiger partial charge >= 0.3 is 0 Å². The van der Waals surface area contributed by atoms with Gasteiger partial charge in [0.15, 0.2) is 17.5 Å². The fraction of sp³-hybridized carbons (Fsp3) is 0. The van der Waals surface area contributed by atoms with Crippen molar-refractivity contribution in [2.75, 3.05) is 0 Å². The predicted octanol–water partition coefficient (Wildman–Crippen LogP) is 13.6. The van der Waals surface area contributed by atoms with E-state index in [9.17, 15) is 5.48 Å². The lowest BCUT2D eigenvalue weighted by Gasteiger charge is -2.12. The summed E-state index contributed by atoms with van der Waals surface area (Å²) in [7, 11) is 0. The Balaban J connectivity index is 1.15. The number of nitrogens with zero attached hydrogens (tertiary/aromatic N) is 3. The number of aromatic nitrogens is 3. The topological polar surface area (TPSA) is 51.8 Å². The molecule has 9 aromatic carbocycles. The third-order valence-electron chi connectivity index (χ3n) is 10.2. The molecular weight excluding hydrogens is 671 g/mol. The van der Waals surface area contributed by atoms with E-state index in [2.05, 4.69) is 24.3 Å². The van der Waals surface area contributed by atoms with E-state index in [1.165, 1.54) is 0 Å². The highest BCUT2D eigenvalue weighted by Crippen LogP contribution is 2.41. The molecule has 4 heteroatoms. The zero-order valence-electron chi connectivity index (χ0n) is 35.2. The normalized spacial score (nSPS) is 13.2. The van der Waals surface area contributed by atoms with E-state index in [0.717, 1.165) is 43.4 Å². The van der Waals surface area contributed by atoms with E-state index in [0.29, 0.717) is 33.9 Å². The van der Waals surface area contributed by atoms with Crippen molar-refractivity contribution in [3.8, 4) is 56.4 Å². The molecule has 11 rings (SSSR count). The highest BCUT2D eigenvalue weighted by molar-refractivity contribution is 6.26. The van der Waals surface area contributed by atoms with Crippen LogP contribution in [0, 0.1) is 0 Å². The molecule has 0 aliphatic carbocycles. The Hall–Kier alpha value is -7.43. The molecule has 0 fully saturated rings. The Morgan fingerprint density at radius 2 is 0.855 bits per heavy atom. The van der Waals surface area contributed by atoms with Crippen molar-refractivity contribution in [1.29, 1.82) is 0 Å². The molecule has 256 valence electrons. The molecule has 0 atom stereocenters. The molecule has 0 aliphatic heterocycles. The highest BCUT2D eigenvalue weighted by atomic mass is 16.3. The van der Waals surface area contributed by atoms with Crippen LogP contribution in [0.5, 0.6) is 0 Å². The Labute approximate surface area is 325 Å². The van der Waals surface area contributed by atoms with Crippen LogP contribution in [0.1, 0.15) is 8.22 Å². The molecule has 11 aromatic rings. The van der Waals surface area contributed by atoms with Gasteiger partial charge in [-0.05, 0) is 78.8 Å². The van der Waals surface area contributed by atoms with Crippen LogP contribution < -0.4 is 0 Å². The molecule has 2 aromatic heterocycles. The molecule has 2 heterocycles. The summed E-state index contributed by atoms with van der Waals surface area (Å²) in [6.07, 6.45) is 0. The average molecular weight is 708 g/mol. The van der Waals surface area contributed by atoms with Crippen LogP contribution >= 0.6 is 0 Å². The molecular formula is C51H31N3O. The Morgan fingerprint density at radius 3 is 1.51 bits per heavy atom. The van der Waals surface area contributed by atoms with Crippen molar-refractivity contribution in [2.45, 2.75) is 0 Å². The second kappa shape index (κ2) is 12.6. The fourth-order valence-corrected chi connectivity index (χ4v) is 7.61. The lowest BCUT2D eigenvalue weighted by molar-refractivity contribution is 0.669. The largest absolute Gasteiger partial charge is 0.456 e. The maximum Gasteiger partial charge on any atom is 0.164 e. The molecule has 0 bridgehead atoms. The van der Waals surface area contributed by atoms with Crippen molar-refractivity contribution in [3.63, 3.8) is 0 Å². The van der Waals surface area contributed by atoms with Gasteiger partial charge in [-0.2, -0.15) is 0 Å². The lowest BCUT2D eigenvalue weighted by atomic mass is 9.91. The maximum atomic E-state index is 9.60. The zero-order chi connectivity index (χ0) is 41.5. The van der Waals surface area contributed by atoms with Crippen LogP contribution in [0.3, 0.4) is 0 Å². The van der Waals surface area contributed by atoms with Crippen LogP contribution in [0.15, 0.2) is 192 Å². The summed E-state index contributed by atoms with van der Waals surface area (Å²) < 4.78 is 62.1. The zero-order valence-corrected chi connectivity index (χ0v) is 29.2. The van der Waals surface area contributed by atoms with Gasteiger partial charge in [0.1, 0.15) is 11.2 Å². The van der Waals surface area contributed by atoms with E-state index >= 15 is 0 Å². The van der Waals surface area contributed by atoms with Gasteiger partial charge in [0, 0.05) is 27.5 Å². The van der Waals surface area contributed by atoms with Gasteiger partial charge < -0.3 is 4.42 Å². The second-order valence-electron chi connectivity index (χ2n) is 13.5. The second-order valence-corrected chi connectivity index (χ2v) is 13.5. The molecule has 0 radical (unpaired) electrons. The minimum absolute atomic E-state index is 0.0177. The van der Waals surface area contributed by atoms with Crippen molar-refractivity contribution >= 4 is 54.3 Å². The van der Waals surface area contributed by atoms with E-state index in [1.807, 2.05) is 127 Å². The van der Waals surface area contributed by atoms with Gasteiger partial charge in [-0.25, -0.2) is 15.0 Å². The van der Waals surface area contributed by atoms with E-state index in [1.54, 1.807) is 0 Å². The van der Waals surface area contributed by atoms with Gasteiger partial charge in [-0.3, -0.25) is 0 Å². The van der Waals surface area contributed by atoms with E-state index in [-0.39, 0.29) is 69.6 Å². The van der Waals surface area contributed by atoms with Gasteiger partial charge in [0.25, 0.3) is 0 Å². The molecule has 0 saturated carbocycles. The minimum Gasteiger partial charge on any atom is -0.456 e. The monoisotopic (exact) mass is 707 g/mol. The number of hydrogen-bond acceptors (Lipinski definition) is 4. The van der Waals surface area contributed by atoms with Crippen molar-refractivity contribution in [1.82, 2.24) is 15.0 Å². The third-order valence-corrected chi connectivity index (χ3v) is 10.2. The average Bonchev–Trinajstić information content (AvgIpc) is 3.72. The number of rotatable bonds is 5. The Morgan fingerprint density at radius 1 is 0.364 bits per heavy atom. The van der Waals surface area contributed by atoms with Crippen molar-refractivity contribution in [3.05, 3.63) is 188 Å². The molecule has 0 saturated heterocycles. The van der Waals surface area contributed by atoms with E-state index in [4.69, 9.17) is 22.1 Å². The van der Waals surface area contributed by atoms with E-state index < -0.39 is 0 Å². The van der Waals surface area contributed by atoms with Crippen LogP contribution in [0.25, 0.3) is 111 Å². The predicted molar refractivity (Wildman–Crippen MR) is 227 cm³/mol. The Kier molecular flexibility index (Phi) is 5.85. The van der Waals surface area contributed by atoms with Crippen LogP contribution in [0.4, 0.5) is 0 Å². The summed E-state index contributed by atoms with van der Waals surface area (Å²) in [6, 6.07) is 47.8. The number of furan rings is 1. The van der Waals surface area contributed by atoms with Gasteiger partial charge in [-0.15, -0.1) is 0 Å².